The molecule has 31 heavy (non-hydrogen) atoms. The number of hydrogen-bond donors (Lipinski definition) is 0. The van der Waals surface area contributed by atoms with Crippen molar-refractivity contribution < 1.29 is 4.79 Å². The van der Waals surface area contributed by atoms with Gasteiger partial charge in [-0.2, -0.15) is 0 Å². The molecule has 7 nitrogen and oxygen atoms in total. The van der Waals surface area contributed by atoms with Gasteiger partial charge in [-0.15, -0.1) is 0 Å². The fourth-order valence-electron chi connectivity index (χ4n) is 4.54. The van der Waals surface area contributed by atoms with Gasteiger partial charge in [0.05, 0.1) is 5.52 Å². The largest absolute Gasteiger partial charge is 0.365 e. The molecule has 1 atom stereocenters. The Morgan fingerprint density at radius 1 is 1.10 bits per heavy atom. The highest BCUT2D eigenvalue weighted by Gasteiger charge is 2.27. The van der Waals surface area contributed by atoms with Gasteiger partial charge in [0.25, 0.3) is 5.56 Å². The van der Waals surface area contributed by atoms with Crippen LogP contribution >= 0.6 is 0 Å². The maximum Gasteiger partial charge on any atom is 0.276 e. The van der Waals surface area contributed by atoms with Crippen molar-refractivity contribution in [2.24, 2.45) is 0 Å². The number of hydrogen-bond acceptors (Lipinski definition) is 4. The van der Waals surface area contributed by atoms with Crippen molar-refractivity contribution in [2.75, 3.05) is 24.5 Å². The Morgan fingerprint density at radius 2 is 1.94 bits per heavy atom. The molecule has 0 bridgehead atoms. The van der Waals surface area contributed by atoms with Crippen molar-refractivity contribution in [3.63, 3.8) is 0 Å². The van der Waals surface area contributed by atoms with E-state index in [-0.39, 0.29) is 24.1 Å². The Hall–Kier alpha value is -3.61. The van der Waals surface area contributed by atoms with Crippen LogP contribution in [-0.2, 0) is 11.3 Å². The topological polar surface area (TPSA) is 62.8 Å². The minimum atomic E-state index is -0.198. The summed E-state index contributed by atoms with van der Waals surface area (Å²) in [7, 11) is 0. The van der Waals surface area contributed by atoms with Crippen molar-refractivity contribution >= 4 is 28.3 Å². The third-order valence-corrected chi connectivity index (χ3v) is 6.10. The molecule has 5 rings (SSSR count). The minimum Gasteiger partial charge on any atom is -0.365 e. The van der Waals surface area contributed by atoms with Crippen LogP contribution in [0.5, 0.6) is 0 Å². The first-order valence-electron chi connectivity index (χ1n) is 10.6. The lowest BCUT2D eigenvalue weighted by molar-refractivity contribution is -0.132. The molecule has 3 aromatic heterocycles. The number of carbonyl (C=O) groups is 1. The molecular formula is C24H25N5O2. The number of carbonyl (C=O) groups excluding carboxylic acids is 1. The Morgan fingerprint density at radius 3 is 2.74 bits per heavy atom. The van der Waals surface area contributed by atoms with Crippen molar-refractivity contribution in [3.8, 4) is 0 Å². The van der Waals surface area contributed by atoms with Crippen LogP contribution in [0.15, 0.2) is 65.7 Å². The summed E-state index contributed by atoms with van der Waals surface area (Å²) < 4.78 is 3.33. The minimum absolute atomic E-state index is 0.00874. The van der Waals surface area contributed by atoms with Gasteiger partial charge in [0.15, 0.2) is 5.65 Å². The summed E-state index contributed by atoms with van der Waals surface area (Å²) >= 11 is 0. The molecule has 1 aliphatic rings. The SMILES string of the molecule is Cc1cccc(N2CCN(C(=O)Cn3c(=O)c4cccn4c4cccnc43)CC2C)c1. The van der Waals surface area contributed by atoms with Crippen LogP contribution in [0.3, 0.4) is 0 Å². The molecule has 1 fully saturated rings. The summed E-state index contributed by atoms with van der Waals surface area (Å²) in [5, 5.41) is 0. The summed E-state index contributed by atoms with van der Waals surface area (Å²) in [6.07, 6.45) is 3.50. The van der Waals surface area contributed by atoms with Gasteiger partial charge < -0.3 is 14.2 Å². The zero-order valence-corrected chi connectivity index (χ0v) is 17.7. The number of pyridine rings is 1. The van der Waals surface area contributed by atoms with Crippen LogP contribution in [0, 0.1) is 6.92 Å². The smallest absolute Gasteiger partial charge is 0.276 e. The van der Waals surface area contributed by atoms with Gasteiger partial charge in [0.2, 0.25) is 5.91 Å². The van der Waals surface area contributed by atoms with Crippen LogP contribution < -0.4 is 10.5 Å². The van der Waals surface area contributed by atoms with E-state index in [0.717, 1.165) is 12.1 Å². The molecule has 0 radical (unpaired) electrons. The molecule has 1 amide bonds. The number of benzene rings is 1. The first kappa shape index (κ1) is 19.4. The second kappa shape index (κ2) is 7.58. The lowest BCUT2D eigenvalue weighted by atomic mass is 10.1. The van der Waals surface area contributed by atoms with E-state index >= 15 is 0 Å². The first-order chi connectivity index (χ1) is 15.0. The van der Waals surface area contributed by atoms with Crippen molar-refractivity contribution in [1.82, 2.24) is 18.9 Å². The number of aromatic nitrogens is 3. The van der Waals surface area contributed by atoms with E-state index < -0.39 is 0 Å². The highest BCUT2D eigenvalue weighted by Crippen LogP contribution is 2.22. The molecule has 0 spiro atoms. The molecule has 0 aliphatic carbocycles. The second-order valence-corrected chi connectivity index (χ2v) is 8.22. The molecule has 0 saturated carbocycles. The number of fused-ring (bicyclic) bond motifs is 3. The molecule has 1 aromatic carbocycles. The first-order valence-corrected chi connectivity index (χ1v) is 10.6. The average molecular weight is 415 g/mol. The van der Waals surface area contributed by atoms with Crippen LogP contribution in [0.2, 0.25) is 0 Å². The standard InChI is InChI=1S/C24H25N5O2/c1-17-6-3-7-19(14-17)27-13-12-26(15-18(27)2)22(30)16-29-23-20(8-4-10-25-23)28-11-5-9-21(28)24(29)31/h3-11,14,18H,12-13,15-16H2,1-2H3. The summed E-state index contributed by atoms with van der Waals surface area (Å²) in [5.41, 5.74) is 4.10. The van der Waals surface area contributed by atoms with E-state index in [0.29, 0.717) is 24.3 Å². The Labute approximate surface area is 180 Å². The predicted octanol–water partition coefficient (Wildman–Crippen LogP) is 2.69. The van der Waals surface area contributed by atoms with Crippen molar-refractivity contribution in [3.05, 3.63) is 76.8 Å². The fourth-order valence-corrected chi connectivity index (χ4v) is 4.54. The third-order valence-electron chi connectivity index (χ3n) is 6.10. The molecule has 7 heteroatoms. The van der Waals surface area contributed by atoms with Gasteiger partial charge >= 0.3 is 0 Å². The van der Waals surface area contributed by atoms with Gasteiger partial charge in [0, 0.05) is 43.8 Å². The number of amides is 1. The van der Waals surface area contributed by atoms with Gasteiger partial charge in [-0.05, 0) is 55.8 Å². The Kier molecular flexibility index (Phi) is 4.73. The monoisotopic (exact) mass is 415 g/mol. The number of rotatable bonds is 3. The van der Waals surface area contributed by atoms with Gasteiger partial charge in [0.1, 0.15) is 12.1 Å². The van der Waals surface area contributed by atoms with Crippen molar-refractivity contribution in [1.29, 1.82) is 0 Å². The average Bonchev–Trinajstić information content (AvgIpc) is 3.27. The molecule has 1 unspecified atom stereocenters. The van der Waals surface area contributed by atoms with E-state index in [1.54, 1.807) is 12.3 Å². The number of nitrogens with zero attached hydrogens (tertiary/aromatic N) is 5. The highest BCUT2D eigenvalue weighted by molar-refractivity contribution is 5.80. The second-order valence-electron chi connectivity index (χ2n) is 8.22. The maximum atomic E-state index is 13.2. The highest BCUT2D eigenvalue weighted by atomic mass is 16.2. The van der Waals surface area contributed by atoms with Crippen LogP contribution in [0.1, 0.15) is 12.5 Å². The summed E-state index contributed by atoms with van der Waals surface area (Å²) in [5.74, 6) is -0.0549. The van der Waals surface area contributed by atoms with E-state index in [1.165, 1.54) is 15.8 Å². The zero-order chi connectivity index (χ0) is 21.5. The fraction of sp³-hybridized carbons (Fsp3) is 0.292. The van der Waals surface area contributed by atoms with E-state index in [4.69, 9.17) is 0 Å². The number of anilines is 1. The van der Waals surface area contributed by atoms with Crippen LogP contribution in [0.4, 0.5) is 5.69 Å². The normalized spacial score (nSPS) is 16.9. The molecule has 1 saturated heterocycles. The summed E-state index contributed by atoms with van der Waals surface area (Å²) in [4.78, 5) is 34.9. The van der Waals surface area contributed by atoms with Gasteiger partial charge in [-0.1, -0.05) is 12.1 Å². The third kappa shape index (κ3) is 3.36. The maximum absolute atomic E-state index is 13.2. The lowest BCUT2D eigenvalue weighted by Gasteiger charge is -2.41. The Balaban J connectivity index is 1.40. The predicted molar refractivity (Wildman–Crippen MR) is 122 cm³/mol. The van der Waals surface area contributed by atoms with Gasteiger partial charge in [-0.3, -0.25) is 14.2 Å². The zero-order valence-electron chi connectivity index (χ0n) is 17.7. The van der Waals surface area contributed by atoms with Crippen LogP contribution in [-0.4, -0.2) is 50.4 Å². The van der Waals surface area contributed by atoms with E-state index in [2.05, 4.69) is 48.0 Å². The molecule has 4 aromatic rings. The van der Waals surface area contributed by atoms with E-state index in [1.807, 2.05) is 33.7 Å². The summed E-state index contributed by atoms with van der Waals surface area (Å²) in [6.45, 7) is 6.24. The molecule has 0 N–H and O–H groups in total. The van der Waals surface area contributed by atoms with Gasteiger partial charge in [-0.25, -0.2) is 4.98 Å². The Bertz CT molecular complexity index is 1340. The quantitative estimate of drug-likeness (QED) is 0.516. The van der Waals surface area contributed by atoms with Crippen molar-refractivity contribution in [2.45, 2.75) is 26.4 Å². The molecule has 4 heterocycles. The molecule has 158 valence electrons. The summed E-state index contributed by atoms with van der Waals surface area (Å²) in [6, 6.07) is 16.0. The lowest BCUT2D eigenvalue weighted by Crippen LogP contribution is -2.54. The van der Waals surface area contributed by atoms with E-state index in [9.17, 15) is 9.59 Å². The number of piperazine rings is 1. The molecular weight excluding hydrogens is 390 g/mol. The number of aryl methyl sites for hydroxylation is 1. The molecule has 1 aliphatic heterocycles. The van der Waals surface area contributed by atoms with Crippen LogP contribution in [0.25, 0.3) is 16.7 Å².